The van der Waals surface area contributed by atoms with Gasteiger partial charge in [0.05, 0.1) is 5.69 Å². The Balaban J connectivity index is 3.26. The van der Waals surface area contributed by atoms with E-state index in [-0.39, 0.29) is 4.90 Å². The summed E-state index contributed by atoms with van der Waals surface area (Å²) in [6.45, 7) is 4.54. The van der Waals surface area contributed by atoms with Gasteiger partial charge in [0.25, 0.3) is 0 Å². The molecule has 0 unspecified atom stereocenters. The Kier molecular flexibility index (Phi) is 4.26. The summed E-state index contributed by atoms with van der Waals surface area (Å²) >= 11 is 0. The third-order valence-corrected chi connectivity index (χ3v) is 4.45. The van der Waals surface area contributed by atoms with E-state index < -0.39 is 10.0 Å². The SMILES string of the molecule is CCN(CC)S(=O)(=O)c1cnccc1NC. The van der Waals surface area contributed by atoms with Crippen LogP contribution >= 0.6 is 0 Å². The largest absolute Gasteiger partial charge is 0.387 e. The van der Waals surface area contributed by atoms with Crippen molar-refractivity contribution in [2.24, 2.45) is 0 Å². The lowest BCUT2D eigenvalue weighted by atomic mass is 10.4. The average molecular weight is 243 g/mol. The maximum absolute atomic E-state index is 12.2. The molecule has 90 valence electrons. The van der Waals surface area contributed by atoms with Gasteiger partial charge in [0.15, 0.2) is 0 Å². The fraction of sp³-hybridized carbons (Fsp3) is 0.500. The summed E-state index contributed by atoms with van der Waals surface area (Å²) < 4.78 is 25.8. The van der Waals surface area contributed by atoms with Crippen LogP contribution in [0.3, 0.4) is 0 Å². The third kappa shape index (κ3) is 2.33. The van der Waals surface area contributed by atoms with Gasteiger partial charge in [0.2, 0.25) is 10.0 Å². The lowest BCUT2D eigenvalue weighted by Crippen LogP contribution is -2.31. The molecule has 0 spiro atoms. The number of nitrogens with one attached hydrogen (secondary N) is 1. The second kappa shape index (κ2) is 5.27. The molecular weight excluding hydrogens is 226 g/mol. The number of anilines is 1. The number of sulfonamides is 1. The molecule has 0 fully saturated rings. The van der Waals surface area contributed by atoms with Crippen LogP contribution in [0, 0.1) is 0 Å². The van der Waals surface area contributed by atoms with Crippen molar-refractivity contribution in [1.82, 2.24) is 9.29 Å². The molecule has 0 aliphatic carbocycles. The van der Waals surface area contributed by atoms with E-state index in [1.165, 1.54) is 10.5 Å². The lowest BCUT2D eigenvalue weighted by molar-refractivity contribution is 0.445. The summed E-state index contributed by atoms with van der Waals surface area (Å²) in [5.41, 5.74) is 0.571. The van der Waals surface area contributed by atoms with Crippen molar-refractivity contribution in [1.29, 1.82) is 0 Å². The summed E-state index contributed by atoms with van der Waals surface area (Å²) in [7, 11) is -1.74. The van der Waals surface area contributed by atoms with Crippen LogP contribution in [0.5, 0.6) is 0 Å². The van der Waals surface area contributed by atoms with Crippen molar-refractivity contribution in [3.05, 3.63) is 18.5 Å². The Hall–Kier alpha value is -1.14. The van der Waals surface area contributed by atoms with Gasteiger partial charge in [-0.2, -0.15) is 4.31 Å². The third-order valence-electron chi connectivity index (χ3n) is 2.38. The maximum atomic E-state index is 12.2. The maximum Gasteiger partial charge on any atom is 0.246 e. The Morgan fingerprint density at radius 3 is 2.50 bits per heavy atom. The van der Waals surface area contributed by atoms with Gasteiger partial charge in [0, 0.05) is 32.5 Å². The second-order valence-electron chi connectivity index (χ2n) is 3.21. The first kappa shape index (κ1) is 12.9. The summed E-state index contributed by atoms with van der Waals surface area (Å²) in [5.74, 6) is 0. The standard InChI is InChI=1S/C10H17N3O2S/c1-4-13(5-2)16(14,15)10-8-12-7-6-9(10)11-3/h6-8H,4-5H2,1-3H3,(H,11,12). The van der Waals surface area contributed by atoms with E-state index >= 15 is 0 Å². The molecule has 0 saturated heterocycles. The number of hydrogen-bond donors (Lipinski definition) is 1. The number of aromatic nitrogens is 1. The van der Waals surface area contributed by atoms with Gasteiger partial charge in [-0.05, 0) is 6.07 Å². The molecule has 0 amide bonds. The molecule has 5 nitrogen and oxygen atoms in total. The first-order valence-corrected chi connectivity index (χ1v) is 6.63. The predicted molar refractivity (Wildman–Crippen MR) is 63.9 cm³/mol. The summed E-state index contributed by atoms with van der Waals surface area (Å²) in [5, 5.41) is 2.86. The summed E-state index contributed by atoms with van der Waals surface area (Å²) in [6, 6.07) is 1.65. The monoisotopic (exact) mass is 243 g/mol. The molecule has 16 heavy (non-hydrogen) atoms. The molecule has 1 rings (SSSR count). The van der Waals surface area contributed by atoms with Crippen LogP contribution in [0.15, 0.2) is 23.4 Å². The molecule has 0 saturated carbocycles. The Morgan fingerprint density at radius 1 is 1.38 bits per heavy atom. The molecule has 0 aliphatic heterocycles. The molecule has 1 aromatic heterocycles. The van der Waals surface area contributed by atoms with E-state index in [4.69, 9.17) is 0 Å². The smallest absolute Gasteiger partial charge is 0.246 e. The highest BCUT2D eigenvalue weighted by Gasteiger charge is 2.24. The molecule has 0 aliphatic rings. The average Bonchev–Trinajstić information content (AvgIpc) is 2.30. The lowest BCUT2D eigenvalue weighted by Gasteiger charge is -2.19. The normalized spacial score (nSPS) is 11.8. The zero-order chi connectivity index (χ0) is 12.2. The van der Waals surface area contributed by atoms with E-state index in [0.717, 1.165) is 0 Å². The van der Waals surface area contributed by atoms with Gasteiger partial charge in [-0.15, -0.1) is 0 Å². The topological polar surface area (TPSA) is 62.3 Å². The number of hydrogen-bond acceptors (Lipinski definition) is 4. The van der Waals surface area contributed by atoms with Crippen LogP contribution in [0.2, 0.25) is 0 Å². The number of pyridine rings is 1. The Morgan fingerprint density at radius 2 is 2.00 bits per heavy atom. The van der Waals surface area contributed by atoms with Crippen molar-refractivity contribution in [3.63, 3.8) is 0 Å². The quantitative estimate of drug-likeness (QED) is 0.842. The van der Waals surface area contributed by atoms with Gasteiger partial charge in [-0.25, -0.2) is 8.42 Å². The molecule has 6 heteroatoms. The van der Waals surface area contributed by atoms with E-state index in [1.54, 1.807) is 19.3 Å². The van der Waals surface area contributed by atoms with Crippen LogP contribution in [-0.4, -0.2) is 37.8 Å². The van der Waals surface area contributed by atoms with E-state index in [9.17, 15) is 8.42 Å². The molecule has 0 bridgehead atoms. The van der Waals surface area contributed by atoms with Crippen molar-refractivity contribution >= 4 is 15.7 Å². The Labute approximate surface area is 96.5 Å². The minimum atomic E-state index is -3.44. The molecular formula is C10H17N3O2S. The van der Waals surface area contributed by atoms with Gasteiger partial charge in [0.1, 0.15) is 4.90 Å². The molecule has 0 radical (unpaired) electrons. The highest BCUT2D eigenvalue weighted by molar-refractivity contribution is 7.89. The fourth-order valence-electron chi connectivity index (χ4n) is 1.49. The van der Waals surface area contributed by atoms with Gasteiger partial charge in [-0.3, -0.25) is 4.98 Å². The van der Waals surface area contributed by atoms with Crippen LogP contribution in [0.1, 0.15) is 13.8 Å². The first-order chi connectivity index (χ1) is 7.57. The van der Waals surface area contributed by atoms with Crippen LogP contribution in [0.25, 0.3) is 0 Å². The van der Waals surface area contributed by atoms with Crippen molar-refractivity contribution in [2.45, 2.75) is 18.7 Å². The van der Waals surface area contributed by atoms with Crippen LogP contribution in [0.4, 0.5) is 5.69 Å². The minimum Gasteiger partial charge on any atom is -0.387 e. The number of nitrogens with zero attached hydrogens (tertiary/aromatic N) is 2. The summed E-state index contributed by atoms with van der Waals surface area (Å²) in [4.78, 5) is 4.09. The van der Waals surface area contributed by atoms with E-state index in [1.807, 2.05) is 13.8 Å². The predicted octanol–water partition coefficient (Wildman–Crippen LogP) is 1.15. The second-order valence-corrected chi connectivity index (χ2v) is 5.12. The van der Waals surface area contributed by atoms with Crippen molar-refractivity contribution < 1.29 is 8.42 Å². The van der Waals surface area contributed by atoms with Gasteiger partial charge in [-0.1, -0.05) is 13.8 Å². The van der Waals surface area contributed by atoms with Crippen LogP contribution < -0.4 is 5.32 Å². The first-order valence-electron chi connectivity index (χ1n) is 5.19. The fourth-order valence-corrected chi connectivity index (χ4v) is 3.09. The van der Waals surface area contributed by atoms with Crippen LogP contribution in [-0.2, 0) is 10.0 Å². The molecule has 1 N–H and O–H groups in total. The minimum absolute atomic E-state index is 0.223. The Bertz CT molecular complexity index is 441. The highest BCUT2D eigenvalue weighted by atomic mass is 32.2. The van der Waals surface area contributed by atoms with Crippen molar-refractivity contribution in [2.75, 3.05) is 25.5 Å². The zero-order valence-electron chi connectivity index (χ0n) is 9.77. The van der Waals surface area contributed by atoms with Gasteiger partial charge < -0.3 is 5.32 Å². The molecule has 0 aromatic carbocycles. The molecule has 1 aromatic rings. The number of rotatable bonds is 5. The van der Waals surface area contributed by atoms with Gasteiger partial charge >= 0.3 is 0 Å². The van der Waals surface area contributed by atoms with Crippen molar-refractivity contribution in [3.8, 4) is 0 Å². The summed E-state index contributed by atoms with van der Waals surface area (Å²) in [6.07, 6.45) is 2.94. The molecule has 1 heterocycles. The highest BCUT2D eigenvalue weighted by Crippen LogP contribution is 2.22. The van der Waals surface area contributed by atoms with E-state index in [2.05, 4.69) is 10.3 Å². The molecule has 0 atom stereocenters. The van der Waals surface area contributed by atoms with E-state index in [0.29, 0.717) is 18.8 Å². The zero-order valence-corrected chi connectivity index (χ0v) is 10.6.